The Balaban J connectivity index is 2.05. The summed E-state index contributed by atoms with van der Waals surface area (Å²) in [6, 6.07) is 1.20. The van der Waals surface area contributed by atoms with Crippen LogP contribution < -0.4 is 11.4 Å². The molecule has 1 aromatic rings. The molecular formula is C9H16N3O14P3. The van der Waals surface area contributed by atoms with E-state index in [0.717, 1.165) is 10.8 Å². The molecule has 0 amide bonds. The molecule has 1 aromatic heterocycles. The zero-order valence-electron chi connectivity index (χ0n) is 13.9. The van der Waals surface area contributed by atoms with E-state index in [9.17, 15) is 33.6 Å². The van der Waals surface area contributed by atoms with E-state index in [-0.39, 0.29) is 5.82 Å². The van der Waals surface area contributed by atoms with E-state index in [1.807, 2.05) is 0 Å². The largest absolute Gasteiger partial charge is 0.490 e. The first-order valence-corrected chi connectivity index (χ1v) is 11.8. The predicted molar refractivity (Wildman–Crippen MR) is 88.6 cm³/mol. The lowest BCUT2D eigenvalue weighted by molar-refractivity contribution is -0.0541. The summed E-state index contributed by atoms with van der Waals surface area (Å²) in [7, 11) is -16.7. The van der Waals surface area contributed by atoms with Crippen LogP contribution in [0.2, 0.25) is 0 Å². The van der Waals surface area contributed by atoms with Gasteiger partial charge in [0.1, 0.15) is 24.1 Å². The van der Waals surface area contributed by atoms with Gasteiger partial charge in [-0.2, -0.15) is 13.6 Å². The van der Waals surface area contributed by atoms with Gasteiger partial charge in [-0.05, 0) is 6.07 Å². The first-order valence-electron chi connectivity index (χ1n) is 7.25. The minimum atomic E-state index is -5.71. The van der Waals surface area contributed by atoms with Crippen LogP contribution in [0.1, 0.15) is 6.23 Å². The number of rotatable bonds is 8. The monoisotopic (exact) mass is 483 g/mol. The number of hydrogen-bond donors (Lipinski definition) is 7. The van der Waals surface area contributed by atoms with Gasteiger partial charge in [0.2, 0.25) is 0 Å². The van der Waals surface area contributed by atoms with Gasteiger partial charge in [-0.25, -0.2) is 18.5 Å². The number of aromatic nitrogens is 2. The highest BCUT2D eigenvalue weighted by Gasteiger charge is 2.46. The molecule has 0 aliphatic carbocycles. The molecule has 20 heteroatoms. The number of phosphoric ester groups is 1. The SMILES string of the molecule is Nc1ccn([C@@H]2O[C@@H](COP(=O)(O)OP(=O)(O)OP(=O)(O)O)[C@@H](O)[C@H]2O)c(=O)n1. The third-order valence-electron chi connectivity index (χ3n) is 3.28. The lowest BCUT2D eigenvalue weighted by Gasteiger charge is -2.19. The zero-order valence-corrected chi connectivity index (χ0v) is 16.6. The van der Waals surface area contributed by atoms with Crippen molar-refractivity contribution >= 4 is 29.3 Å². The molecule has 2 unspecified atom stereocenters. The lowest BCUT2D eigenvalue weighted by atomic mass is 10.1. The molecule has 17 nitrogen and oxygen atoms in total. The van der Waals surface area contributed by atoms with E-state index in [1.165, 1.54) is 6.07 Å². The van der Waals surface area contributed by atoms with Crippen LogP contribution in [0.3, 0.4) is 0 Å². The molecule has 166 valence electrons. The summed E-state index contributed by atoms with van der Waals surface area (Å²) in [5.41, 5.74) is 4.39. The Morgan fingerprint density at radius 2 is 1.72 bits per heavy atom. The quantitative estimate of drug-likeness (QED) is 0.193. The summed E-state index contributed by atoms with van der Waals surface area (Å²) in [6.07, 6.45) is -5.38. The number of nitrogens with zero attached hydrogens (tertiary/aromatic N) is 2. The third-order valence-corrected chi connectivity index (χ3v) is 7.08. The standard InChI is InChI=1S/C9H16N3O14P3/c10-5-1-2-12(9(15)11-5)8-7(14)6(13)4(24-8)3-23-28(19,20)26-29(21,22)25-27(16,17)18/h1-2,4,6-8,13-14H,3H2,(H,19,20)(H,21,22)(H2,10,11,15)(H2,16,17,18)/t4-,6+,7+,8+/m0/s1. The van der Waals surface area contributed by atoms with Gasteiger partial charge >= 0.3 is 29.2 Å². The molecule has 29 heavy (non-hydrogen) atoms. The van der Waals surface area contributed by atoms with Crippen LogP contribution in [-0.4, -0.2) is 64.3 Å². The topological polar surface area (TPSA) is 270 Å². The Morgan fingerprint density at radius 1 is 1.10 bits per heavy atom. The fraction of sp³-hybridized carbons (Fsp3) is 0.556. The van der Waals surface area contributed by atoms with Crippen molar-refractivity contribution in [3.05, 3.63) is 22.7 Å². The normalized spacial score (nSPS) is 29.3. The first-order chi connectivity index (χ1) is 13.1. The van der Waals surface area contributed by atoms with Gasteiger partial charge in [-0.3, -0.25) is 9.09 Å². The van der Waals surface area contributed by atoms with Crippen LogP contribution in [0.25, 0.3) is 0 Å². The van der Waals surface area contributed by atoms with Crippen molar-refractivity contribution in [3.63, 3.8) is 0 Å². The minimum absolute atomic E-state index is 0.122. The van der Waals surface area contributed by atoms with Crippen molar-refractivity contribution in [2.45, 2.75) is 24.5 Å². The smallest absolute Gasteiger partial charge is 0.387 e. The van der Waals surface area contributed by atoms with E-state index in [1.54, 1.807) is 0 Å². The number of aliphatic hydroxyl groups is 2. The van der Waals surface area contributed by atoms with Crippen LogP contribution in [-0.2, 0) is 31.6 Å². The number of aliphatic hydroxyl groups excluding tert-OH is 2. The Morgan fingerprint density at radius 3 is 2.28 bits per heavy atom. The molecule has 1 aliphatic heterocycles. The average molecular weight is 483 g/mol. The minimum Gasteiger partial charge on any atom is -0.387 e. The van der Waals surface area contributed by atoms with Gasteiger partial charge < -0.3 is 40.3 Å². The predicted octanol–water partition coefficient (Wildman–Crippen LogP) is -2.21. The molecule has 0 spiro atoms. The highest BCUT2D eigenvalue weighted by atomic mass is 31.3. The molecule has 0 bridgehead atoms. The van der Waals surface area contributed by atoms with Gasteiger partial charge in [0.05, 0.1) is 6.61 Å². The van der Waals surface area contributed by atoms with E-state index >= 15 is 0 Å². The Hall–Kier alpha value is -1.03. The van der Waals surface area contributed by atoms with Crippen LogP contribution in [0.15, 0.2) is 17.1 Å². The molecule has 6 atom stereocenters. The van der Waals surface area contributed by atoms with Crippen molar-refractivity contribution in [1.82, 2.24) is 9.55 Å². The zero-order chi connectivity index (χ0) is 22.2. The van der Waals surface area contributed by atoms with Gasteiger partial charge in [0, 0.05) is 6.20 Å². The third kappa shape index (κ3) is 6.73. The summed E-state index contributed by atoms with van der Waals surface area (Å²) in [6.45, 7) is -1.02. The molecule has 1 fully saturated rings. The molecular weight excluding hydrogens is 467 g/mol. The Labute approximate surface area is 160 Å². The molecule has 2 heterocycles. The summed E-state index contributed by atoms with van der Waals surface area (Å²) in [4.78, 5) is 50.5. The fourth-order valence-electron chi connectivity index (χ4n) is 2.19. The lowest BCUT2D eigenvalue weighted by Crippen LogP contribution is -2.36. The van der Waals surface area contributed by atoms with Gasteiger partial charge in [0.25, 0.3) is 0 Å². The summed E-state index contributed by atoms with van der Waals surface area (Å²) in [5, 5.41) is 20.0. The molecule has 0 radical (unpaired) electrons. The van der Waals surface area contributed by atoms with E-state index in [2.05, 4.69) is 18.1 Å². The van der Waals surface area contributed by atoms with Crippen LogP contribution >= 0.6 is 23.5 Å². The van der Waals surface area contributed by atoms with Crippen LogP contribution in [0.4, 0.5) is 5.82 Å². The van der Waals surface area contributed by atoms with E-state index in [0.29, 0.717) is 0 Å². The first kappa shape index (κ1) is 24.2. The molecule has 2 rings (SSSR count). The number of nitrogens with two attached hydrogens (primary N) is 1. The Bertz CT molecular complexity index is 946. The fourth-order valence-corrected chi connectivity index (χ4v) is 5.22. The highest BCUT2D eigenvalue weighted by Crippen LogP contribution is 2.66. The number of nitrogen functional groups attached to an aromatic ring is 1. The van der Waals surface area contributed by atoms with Crippen LogP contribution in [0.5, 0.6) is 0 Å². The van der Waals surface area contributed by atoms with Crippen molar-refractivity contribution in [2.24, 2.45) is 0 Å². The van der Waals surface area contributed by atoms with E-state index in [4.69, 9.17) is 25.2 Å². The van der Waals surface area contributed by atoms with Crippen molar-refractivity contribution in [3.8, 4) is 0 Å². The Kier molecular flexibility index (Phi) is 7.20. The number of anilines is 1. The van der Waals surface area contributed by atoms with Gasteiger partial charge in [0.15, 0.2) is 6.23 Å². The summed E-state index contributed by atoms with van der Waals surface area (Å²) >= 11 is 0. The maximum atomic E-state index is 11.8. The second kappa shape index (κ2) is 8.61. The average Bonchev–Trinajstić information content (AvgIpc) is 2.78. The number of phosphoric acid groups is 3. The van der Waals surface area contributed by atoms with Gasteiger partial charge in [-0.1, -0.05) is 0 Å². The molecule has 8 N–H and O–H groups in total. The number of ether oxygens (including phenoxy) is 1. The summed E-state index contributed by atoms with van der Waals surface area (Å²) < 4.78 is 50.8. The van der Waals surface area contributed by atoms with Crippen molar-refractivity contribution < 1.29 is 61.4 Å². The van der Waals surface area contributed by atoms with Crippen LogP contribution in [0, 0.1) is 0 Å². The molecule has 0 saturated carbocycles. The van der Waals surface area contributed by atoms with Crippen molar-refractivity contribution in [2.75, 3.05) is 12.3 Å². The molecule has 0 aromatic carbocycles. The second-order valence-corrected chi connectivity index (χ2v) is 9.90. The number of hydrogen-bond acceptors (Lipinski definition) is 12. The van der Waals surface area contributed by atoms with Gasteiger partial charge in [-0.15, -0.1) is 0 Å². The molecule has 1 saturated heterocycles. The maximum absolute atomic E-state index is 11.8. The molecule has 1 aliphatic rings. The van der Waals surface area contributed by atoms with E-state index < -0.39 is 60.3 Å². The maximum Gasteiger partial charge on any atom is 0.490 e. The van der Waals surface area contributed by atoms with Crippen molar-refractivity contribution in [1.29, 1.82) is 0 Å². The summed E-state index contributed by atoms with van der Waals surface area (Å²) in [5.74, 6) is -0.122. The second-order valence-electron chi connectivity index (χ2n) is 5.48. The highest BCUT2D eigenvalue weighted by molar-refractivity contribution is 7.66.